The number of carbonyl (C=O) groups is 2. The van der Waals surface area contributed by atoms with Crippen LogP contribution < -0.4 is 5.32 Å². The number of likely N-dealkylation sites (N-methyl/N-ethyl adjacent to an activating group) is 1. The quantitative estimate of drug-likeness (QED) is 0.668. The van der Waals surface area contributed by atoms with Crippen LogP contribution in [0.3, 0.4) is 0 Å². The van der Waals surface area contributed by atoms with Crippen LogP contribution in [-0.2, 0) is 9.53 Å². The molecule has 0 radical (unpaired) electrons. The van der Waals surface area contributed by atoms with Crippen molar-refractivity contribution in [2.75, 3.05) is 39.6 Å². The summed E-state index contributed by atoms with van der Waals surface area (Å²) in [5, 5.41) is 2.86. The number of quaternary nitrogens is 1. The average Bonchev–Trinajstić information content (AvgIpc) is 2.40. The third kappa shape index (κ3) is 4.56. The highest BCUT2D eigenvalue weighted by atomic mass is 16.5. The van der Waals surface area contributed by atoms with E-state index in [-0.39, 0.29) is 5.91 Å². The van der Waals surface area contributed by atoms with Gasteiger partial charge in [-0.3, -0.25) is 4.79 Å². The molecular weight excluding hydrogens is 268 g/mol. The standard InChI is InChI=1S/C16H24N2O3/c1-7-18(4,5)10-14(19)17-15-12(3)8-11(2)9-13(15)16(20)21-6/h8-9H,7,10H2,1-6H3/p+1. The van der Waals surface area contributed by atoms with Crippen LogP contribution in [0.1, 0.15) is 28.4 Å². The predicted octanol–water partition coefficient (Wildman–Crippen LogP) is 2.12. The average molecular weight is 293 g/mol. The molecule has 0 fully saturated rings. The Hall–Kier alpha value is -1.88. The number of rotatable bonds is 5. The molecule has 5 heteroatoms. The summed E-state index contributed by atoms with van der Waals surface area (Å²) >= 11 is 0. The summed E-state index contributed by atoms with van der Waals surface area (Å²) in [6.45, 7) is 7.01. The molecule has 5 nitrogen and oxygen atoms in total. The van der Waals surface area contributed by atoms with E-state index in [1.807, 2.05) is 40.9 Å². The van der Waals surface area contributed by atoms with E-state index in [2.05, 4.69) is 5.32 Å². The first-order chi connectivity index (χ1) is 9.70. The van der Waals surface area contributed by atoms with Crippen molar-refractivity contribution in [1.82, 2.24) is 0 Å². The van der Waals surface area contributed by atoms with Gasteiger partial charge in [0.2, 0.25) is 0 Å². The third-order valence-electron chi connectivity index (χ3n) is 3.58. The summed E-state index contributed by atoms with van der Waals surface area (Å²) in [6.07, 6.45) is 0. The molecule has 1 aromatic rings. The van der Waals surface area contributed by atoms with Gasteiger partial charge in [-0.2, -0.15) is 0 Å². The minimum atomic E-state index is -0.443. The van der Waals surface area contributed by atoms with Gasteiger partial charge in [-0.05, 0) is 38.0 Å². The summed E-state index contributed by atoms with van der Waals surface area (Å²) in [5.41, 5.74) is 2.74. The zero-order valence-corrected chi connectivity index (χ0v) is 13.7. The highest BCUT2D eigenvalue weighted by molar-refractivity contribution is 6.02. The number of amides is 1. The summed E-state index contributed by atoms with van der Waals surface area (Å²) < 4.78 is 5.38. The molecule has 0 aliphatic carbocycles. The first-order valence-corrected chi connectivity index (χ1v) is 7.01. The van der Waals surface area contributed by atoms with Crippen LogP contribution in [0.4, 0.5) is 5.69 Å². The molecule has 1 N–H and O–H groups in total. The minimum Gasteiger partial charge on any atom is -0.465 e. The van der Waals surface area contributed by atoms with E-state index in [1.165, 1.54) is 7.11 Å². The summed E-state index contributed by atoms with van der Waals surface area (Å²) in [6, 6.07) is 3.66. The minimum absolute atomic E-state index is 0.112. The normalized spacial score (nSPS) is 11.1. The SMILES string of the molecule is CC[N+](C)(C)CC(=O)Nc1c(C)cc(C)cc1C(=O)OC. The van der Waals surface area contributed by atoms with Crippen molar-refractivity contribution in [3.8, 4) is 0 Å². The Morgan fingerprint density at radius 2 is 1.86 bits per heavy atom. The van der Waals surface area contributed by atoms with Crippen LogP contribution in [0.2, 0.25) is 0 Å². The number of benzene rings is 1. The van der Waals surface area contributed by atoms with Gasteiger partial charge in [0.25, 0.3) is 5.91 Å². The van der Waals surface area contributed by atoms with Crippen molar-refractivity contribution in [2.45, 2.75) is 20.8 Å². The Bertz CT molecular complexity index is 551. The van der Waals surface area contributed by atoms with E-state index in [9.17, 15) is 9.59 Å². The van der Waals surface area contributed by atoms with Gasteiger partial charge >= 0.3 is 5.97 Å². The largest absolute Gasteiger partial charge is 0.465 e. The fraction of sp³-hybridized carbons (Fsp3) is 0.500. The van der Waals surface area contributed by atoms with Crippen molar-refractivity contribution in [1.29, 1.82) is 0 Å². The van der Waals surface area contributed by atoms with Crippen LogP contribution >= 0.6 is 0 Å². The highest BCUT2D eigenvalue weighted by Gasteiger charge is 2.21. The van der Waals surface area contributed by atoms with Crippen molar-refractivity contribution in [3.05, 3.63) is 28.8 Å². The molecule has 1 amide bonds. The lowest BCUT2D eigenvalue weighted by Crippen LogP contribution is -2.45. The fourth-order valence-electron chi connectivity index (χ4n) is 2.08. The number of aryl methyl sites for hydroxylation is 2. The third-order valence-corrected chi connectivity index (χ3v) is 3.58. The van der Waals surface area contributed by atoms with Crippen LogP contribution in [0, 0.1) is 13.8 Å². The van der Waals surface area contributed by atoms with E-state index in [4.69, 9.17) is 4.74 Å². The van der Waals surface area contributed by atoms with Gasteiger partial charge in [-0.15, -0.1) is 0 Å². The Morgan fingerprint density at radius 1 is 1.24 bits per heavy atom. The molecule has 0 aromatic heterocycles. The van der Waals surface area contributed by atoms with Gasteiger partial charge < -0.3 is 14.5 Å². The molecule has 1 aromatic carbocycles. The maximum atomic E-state index is 12.2. The van der Waals surface area contributed by atoms with E-state index in [0.29, 0.717) is 22.3 Å². The van der Waals surface area contributed by atoms with Crippen molar-refractivity contribution in [2.24, 2.45) is 0 Å². The maximum Gasteiger partial charge on any atom is 0.339 e. The second kappa shape index (κ2) is 6.72. The van der Waals surface area contributed by atoms with E-state index in [0.717, 1.165) is 17.7 Å². The molecule has 116 valence electrons. The Morgan fingerprint density at radius 3 is 2.38 bits per heavy atom. The second-order valence-corrected chi connectivity index (χ2v) is 5.95. The predicted molar refractivity (Wildman–Crippen MR) is 83.4 cm³/mol. The monoisotopic (exact) mass is 293 g/mol. The molecule has 0 aliphatic rings. The Balaban J connectivity index is 3.07. The lowest BCUT2D eigenvalue weighted by Gasteiger charge is -2.27. The number of esters is 1. The van der Waals surface area contributed by atoms with Gasteiger partial charge in [-0.25, -0.2) is 4.79 Å². The lowest BCUT2D eigenvalue weighted by molar-refractivity contribution is -0.880. The van der Waals surface area contributed by atoms with Crippen LogP contribution in [0.25, 0.3) is 0 Å². The molecule has 0 aliphatic heterocycles. The molecular formula is C16H25N2O3+. The lowest BCUT2D eigenvalue weighted by atomic mass is 10.0. The zero-order valence-electron chi connectivity index (χ0n) is 13.7. The van der Waals surface area contributed by atoms with Gasteiger partial charge in [0.15, 0.2) is 6.54 Å². The number of carbonyl (C=O) groups excluding carboxylic acids is 2. The van der Waals surface area contributed by atoms with Gasteiger partial charge in [-0.1, -0.05) is 6.07 Å². The van der Waals surface area contributed by atoms with Gasteiger partial charge in [0.05, 0.1) is 39.0 Å². The number of nitrogens with zero attached hydrogens (tertiary/aromatic N) is 1. The number of hydrogen-bond donors (Lipinski definition) is 1. The number of nitrogens with one attached hydrogen (secondary N) is 1. The second-order valence-electron chi connectivity index (χ2n) is 5.95. The van der Waals surface area contributed by atoms with Crippen LogP contribution in [0.15, 0.2) is 12.1 Å². The molecule has 0 unspecified atom stereocenters. The molecule has 0 atom stereocenters. The number of ether oxygens (including phenoxy) is 1. The van der Waals surface area contributed by atoms with Gasteiger partial charge in [0.1, 0.15) is 0 Å². The first kappa shape index (κ1) is 17.2. The molecule has 0 bridgehead atoms. The molecule has 21 heavy (non-hydrogen) atoms. The number of methoxy groups -OCH3 is 1. The van der Waals surface area contributed by atoms with E-state index >= 15 is 0 Å². The topological polar surface area (TPSA) is 55.4 Å². The zero-order chi connectivity index (χ0) is 16.2. The Labute approximate surface area is 126 Å². The molecule has 0 heterocycles. The fourth-order valence-corrected chi connectivity index (χ4v) is 2.08. The summed E-state index contributed by atoms with van der Waals surface area (Å²) in [5.74, 6) is -0.555. The van der Waals surface area contributed by atoms with Gasteiger partial charge in [0, 0.05) is 0 Å². The van der Waals surface area contributed by atoms with Crippen molar-refractivity contribution < 1.29 is 18.8 Å². The molecule has 1 rings (SSSR count). The van der Waals surface area contributed by atoms with E-state index < -0.39 is 5.97 Å². The molecule has 0 spiro atoms. The summed E-state index contributed by atoms with van der Waals surface area (Å²) in [7, 11) is 5.31. The molecule has 0 saturated heterocycles. The van der Waals surface area contributed by atoms with Crippen LogP contribution in [-0.4, -0.2) is 50.7 Å². The van der Waals surface area contributed by atoms with Crippen molar-refractivity contribution >= 4 is 17.6 Å². The molecule has 0 saturated carbocycles. The Kier molecular flexibility index (Phi) is 5.49. The summed E-state index contributed by atoms with van der Waals surface area (Å²) in [4.78, 5) is 24.1. The smallest absolute Gasteiger partial charge is 0.339 e. The number of hydrogen-bond acceptors (Lipinski definition) is 3. The van der Waals surface area contributed by atoms with E-state index in [1.54, 1.807) is 6.07 Å². The first-order valence-electron chi connectivity index (χ1n) is 7.01. The highest BCUT2D eigenvalue weighted by Crippen LogP contribution is 2.23. The van der Waals surface area contributed by atoms with Crippen molar-refractivity contribution in [3.63, 3.8) is 0 Å². The number of anilines is 1. The maximum absolute atomic E-state index is 12.2. The van der Waals surface area contributed by atoms with Crippen LogP contribution in [0.5, 0.6) is 0 Å².